The average Bonchev–Trinajstić information content (AvgIpc) is 2.64. The standard InChI is InChI=1S/C22H27FN2O2/c23-21-11-10-19(27-18-8-6-17(7-9-18)12-13-24)16-20(21)22(26)25-14-4-2-1-3-5-15-25/h6-11,16H,1-5,12-15,24H2. The lowest BCUT2D eigenvalue weighted by molar-refractivity contribution is 0.0737. The third-order valence-electron chi connectivity index (χ3n) is 4.90. The molecule has 5 heteroatoms. The molecule has 2 N–H and O–H groups in total. The van der Waals surface area contributed by atoms with E-state index in [1.54, 1.807) is 11.0 Å². The van der Waals surface area contributed by atoms with Crippen molar-refractivity contribution in [3.8, 4) is 11.5 Å². The van der Waals surface area contributed by atoms with E-state index in [0.717, 1.165) is 37.7 Å². The normalized spacial score (nSPS) is 15.1. The number of likely N-dealkylation sites (tertiary alicyclic amines) is 1. The van der Waals surface area contributed by atoms with Crippen LogP contribution < -0.4 is 10.5 Å². The first kappa shape index (κ1) is 19.4. The third kappa shape index (κ3) is 5.30. The van der Waals surface area contributed by atoms with Crippen LogP contribution in [0.1, 0.15) is 48.0 Å². The molecule has 1 heterocycles. The monoisotopic (exact) mass is 370 g/mol. The lowest BCUT2D eigenvalue weighted by Crippen LogP contribution is -2.34. The zero-order valence-corrected chi connectivity index (χ0v) is 15.6. The number of carbonyl (C=O) groups is 1. The van der Waals surface area contributed by atoms with Crippen molar-refractivity contribution in [3.05, 3.63) is 59.4 Å². The van der Waals surface area contributed by atoms with Crippen molar-refractivity contribution in [2.75, 3.05) is 19.6 Å². The number of ether oxygens (including phenoxy) is 1. The van der Waals surface area contributed by atoms with E-state index in [-0.39, 0.29) is 11.5 Å². The summed E-state index contributed by atoms with van der Waals surface area (Å²) in [5.74, 6) is 0.344. The Hall–Kier alpha value is -2.40. The van der Waals surface area contributed by atoms with Gasteiger partial charge in [0, 0.05) is 13.1 Å². The molecule has 0 aliphatic carbocycles. The van der Waals surface area contributed by atoms with Gasteiger partial charge in [-0.3, -0.25) is 4.79 Å². The van der Waals surface area contributed by atoms with Crippen molar-refractivity contribution in [3.63, 3.8) is 0 Å². The number of carbonyl (C=O) groups excluding carboxylic acids is 1. The van der Waals surface area contributed by atoms with Gasteiger partial charge in [0.25, 0.3) is 5.91 Å². The number of amides is 1. The second-order valence-corrected chi connectivity index (χ2v) is 6.99. The molecule has 4 nitrogen and oxygen atoms in total. The van der Waals surface area contributed by atoms with Gasteiger partial charge in [-0.1, -0.05) is 31.4 Å². The van der Waals surface area contributed by atoms with Gasteiger partial charge in [-0.05, 0) is 61.7 Å². The number of benzene rings is 2. The zero-order valence-electron chi connectivity index (χ0n) is 15.6. The molecule has 1 aliphatic rings. The molecule has 0 spiro atoms. The average molecular weight is 370 g/mol. The summed E-state index contributed by atoms with van der Waals surface area (Å²) in [4.78, 5) is 14.6. The van der Waals surface area contributed by atoms with Crippen molar-refractivity contribution in [2.24, 2.45) is 5.73 Å². The Bertz CT molecular complexity index is 753. The third-order valence-corrected chi connectivity index (χ3v) is 4.90. The molecule has 0 saturated carbocycles. The van der Waals surface area contributed by atoms with Crippen LogP contribution in [0.3, 0.4) is 0 Å². The SMILES string of the molecule is NCCc1ccc(Oc2ccc(F)c(C(=O)N3CCCCCCC3)c2)cc1. The van der Waals surface area contributed by atoms with E-state index in [9.17, 15) is 9.18 Å². The van der Waals surface area contributed by atoms with Crippen LogP contribution in [0.25, 0.3) is 0 Å². The van der Waals surface area contributed by atoms with Gasteiger partial charge in [0.15, 0.2) is 0 Å². The van der Waals surface area contributed by atoms with Crippen LogP contribution in [0.5, 0.6) is 11.5 Å². The number of nitrogens with zero attached hydrogens (tertiary/aromatic N) is 1. The van der Waals surface area contributed by atoms with Crippen molar-refractivity contribution < 1.29 is 13.9 Å². The van der Waals surface area contributed by atoms with E-state index in [0.29, 0.717) is 31.1 Å². The molecular weight excluding hydrogens is 343 g/mol. The van der Waals surface area contributed by atoms with E-state index in [1.807, 2.05) is 24.3 Å². The molecule has 2 aromatic carbocycles. The lowest BCUT2D eigenvalue weighted by Gasteiger charge is -2.25. The molecule has 0 bridgehead atoms. The topological polar surface area (TPSA) is 55.6 Å². The van der Waals surface area contributed by atoms with Crippen LogP contribution in [0, 0.1) is 5.82 Å². The van der Waals surface area contributed by atoms with E-state index >= 15 is 0 Å². The fraction of sp³-hybridized carbons (Fsp3) is 0.409. The first-order valence-corrected chi connectivity index (χ1v) is 9.73. The summed E-state index contributed by atoms with van der Waals surface area (Å²) in [7, 11) is 0. The van der Waals surface area contributed by atoms with Gasteiger partial charge in [-0.15, -0.1) is 0 Å². The number of hydrogen-bond acceptors (Lipinski definition) is 3. The van der Waals surface area contributed by atoms with Crippen LogP contribution in [0.15, 0.2) is 42.5 Å². The molecule has 0 atom stereocenters. The van der Waals surface area contributed by atoms with E-state index in [2.05, 4.69) is 0 Å². The largest absolute Gasteiger partial charge is 0.457 e. The Kier molecular flexibility index (Phi) is 6.82. The van der Waals surface area contributed by atoms with Crippen LogP contribution in [0.2, 0.25) is 0 Å². The van der Waals surface area contributed by atoms with Crippen LogP contribution in [-0.2, 0) is 6.42 Å². The molecule has 0 aromatic heterocycles. The quantitative estimate of drug-likeness (QED) is 0.841. The maximum absolute atomic E-state index is 14.3. The summed E-state index contributed by atoms with van der Waals surface area (Å²) >= 11 is 0. The van der Waals surface area contributed by atoms with Gasteiger partial charge in [-0.2, -0.15) is 0 Å². The Labute approximate surface area is 160 Å². The molecule has 144 valence electrons. The molecule has 0 unspecified atom stereocenters. The molecule has 27 heavy (non-hydrogen) atoms. The van der Waals surface area contributed by atoms with E-state index < -0.39 is 5.82 Å². The molecule has 1 amide bonds. The summed E-state index contributed by atoms with van der Waals surface area (Å²) in [5.41, 5.74) is 6.77. The van der Waals surface area contributed by atoms with E-state index in [4.69, 9.17) is 10.5 Å². The Morgan fingerprint density at radius 1 is 0.963 bits per heavy atom. The molecule has 1 fully saturated rings. The minimum absolute atomic E-state index is 0.0767. The number of hydrogen-bond donors (Lipinski definition) is 1. The fourth-order valence-electron chi connectivity index (χ4n) is 3.38. The minimum atomic E-state index is -0.507. The van der Waals surface area contributed by atoms with Gasteiger partial charge in [0.05, 0.1) is 5.56 Å². The predicted octanol–water partition coefficient (Wildman–Crippen LogP) is 4.53. The van der Waals surface area contributed by atoms with Crippen molar-refractivity contribution in [2.45, 2.75) is 38.5 Å². The highest BCUT2D eigenvalue weighted by atomic mass is 19.1. The summed E-state index contributed by atoms with van der Waals surface area (Å²) in [6.45, 7) is 1.97. The van der Waals surface area contributed by atoms with Crippen LogP contribution in [0.4, 0.5) is 4.39 Å². The predicted molar refractivity (Wildman–Crippen MR) is 105 cm³/mol. The smallest absolute Gasteiger partial charge is 0.256 e. The second kappa shape index (κ2) is 9.51. The van der Waals surface area contributed by atoms with Crippen LogP contribution in [-0.4, -0.2) is 30.4 Å². The highest BCUT2D eigenvalue weighted by Gasteiger charge is 2.20. The number of nitrogens with two attached hydrogens (primary N) is 1. The molecule has 3 rings (SSSR count). The Balaban J connectivity index is 1.73. The molecule has 1 aliphatic heterocycles. The first-order valence-electron chi connectivity index (χ1n) is 9.73. The van der Waals surface area contributed by atoms with Crippen molar-refractivity contribution in [1.82, 2.24) is 4.90 Å². The number of halogens is 1. The van der Waals surface area contributed by atoms with Crippen molar-refractivity contribution in [1.29, 1.82) is 0 Å². The Morgan fingerprint density at radius 2 is 1.59 bits per heavy atom. The van der Waals surface area contributed by atoms with Gasteiger partial charge < -0.3 is 15.4 Å². The summed E-state index contributed by atoms with van der Waals surface area (Å²) < 4.78 is 20.1. The lowest BCUT2D eigenvalue weighted by atomic mass is 10.1. The highest BCUT2D eigenvalue weighted by Crippen LogP contribution is 2.25. The number of rotatable bonds is 5. The summed E-state index contributed by atoms with van der Waals surface area (Å²) in [5, 5.41) is 0. The maximum Gasteiger partial charge on any atom is 0.256 e. The molecule has 2 aromatic rings. The summed E-state index contributed by atoms with van der Waals surface area (Å²) in [6.07, 6.45) is 6.21. The molecule has 0 radical (unpaired) electrons. The second-order valence-electron chi connectivity index (χ2n) is 6.99. The van der Waals surface area contributed by atoms with Gasteiger partial charge in [0.1, 0.15) is 17.3 Å². The highest BCUT2D eigenvalue weighted by molar-refractivity contribution is 5.95. The summed E-state index contributed by atoms with van der Waals surface area (Å²) in [6, 6.07) is 12.0. The zero-order chi connectivity index (χ0) is 19.1. The molecular formula is C22H27FN2O2. The minimum Gasteiger partial charge on any atom is -0.457 e. The van der Waals surface area contributed by atoms with Gasteiger partial charge in [-0.25, -0.2) is 4.39 Å². The van der Waals surface area contributed by atoms with Gasteiger partial charge in [0.2, 0.25) is 0 Å². The fourth-order valence-corrected chi connectivity index (χ4v) is 3.38. The molecule has 1 saturated heterocycles. The van der Waals surface area contributed by atoms with Crippen molar-refractivity contribution >= 4 is 5.91 Å². The van der Waals surface area contributed by atoms with E-state index in [1.165, 1.54) is 18.6 Å². The van der Waals surface area contributed by atoms with Gasteiger partial charge >= 0.3 is 0 Å². The first-order chi connectivity index (χ1) is 13.2. The maximum atomic E-state index is 14.3. The Morgan fingerprint density at radius 3 is 2.26 bits per heavy atom. The van der Waals surface area contributed by atoms with Crippen LogP contribution >= 0.6 is 0 Å².